The fourth-order valence-electron chi connectivity index (χ4n) is 2.00. The molecule has 0 aliphatic carbocycles. The highest BCUT2D eigenvalue weighted by Gasteiger charge is 2.09. The monoisotopic (exact) mass is 354 g/mol. The summed E-state index contributed by atoms with van der Waals surface area (Å²) in [6, 6.07) is 5.91. The number of halogens is 4. The van der Waals surface area contributed by atoms with Crippen LogP contribution in [0.3, 0.4) is 0 Å². The minimum atomic E-state index is -1.08. The molecule has 2 aromatic rings. The molecule has 0 atom stereocenters. The van der Waals surface area contributed by atoms with E-state index < -0.39 is 35.1 Å². The molecule has 2 N–H and O–H groups in total. The van der Waals surface area contributed by atoms with Crippen molar-refractivity contribution in [1.82, 2.24) is 0 Å². The Kier molecular flexibility index (Phi) is 6.10. The highest BCUT2D eigenvalue weighted by atomic mass is 19.2. The molecule has 0 saturated heterocycles. The van der Waals surface area contributed by atoms with Crippen LogP contribution in [0, 0.1) is 23.3 Å². The molecule has 8 heteroatoms. The maximum absolute atomic E-state index is 13.0. The lowest BCUT2D eigenvalue weighted by atomic mass is 10.2. The van der Waals surface area contributed by atoms with Gasteiger partial charge in [0.1, 0.15) is 0 Å². The number of hydrogen-bond acceptors (Lipinski definition) is 2. The molecule has 0 fully saturated rings. The Hall–Kier alpha value is -2.90. The van der Waals surface area contributed by atoms with Gasteiger partial charge in [-0.1, -0.05) is 0 Å². The van der Waals surface area contributed by atoms with Gasteiger partial charge in [-0.25, -0.2) is 17.6 Å². The van der Waals surface area contributed by atoms with Crippen LogP contribution in [-0.2, 0) is 9.59 Å². The van der Waals surface area contributed by atoms with E-state index in [1.807, 2.05) is 0 Å². The molecule has 2 amide bonds. The van der Waals surface area contributed by atoms with E-state index in [0.29, 0.717) is 0 Å². The van der Waals surface area contributed by atoms with Crippen LogP contribution < -0.4 is 10.6 Å². The van der Waals surface area contributed by atoms with Gasteiger partial charge in [0.15, 0.2) is 23.3 Å². The molecule has 0 unspecified atom stereocenters. The highest BCUT2D eigenvalue weighted by Crippen LogP contribution is 2.15. The van der Waals surface area contributed by atoms with E-state index in [-0.39, 0.29) is 30.6 Å². The predicted molar refractivity (Wildman–Crippen MR) is 83.8 cm³/mol. The largest absolute Gasteiger partial charge is 0.326 e. The first-order valence-corrected chi connectivity index (χ1v) is 7.35. The molecule has 0 heterocycles. The van der Waals surface area contributed by atoms with Gasteiger partial charge in [-0.2, -0.15) is 0 Å². The van der Waals surface area contributed by atoms with E-state index in [2.05, 4.69) is 10.6 Å². The summed E-state index contributed by atoms with van der Waals surface area (Å²) in [5, 5.41) is 4.76. The Morgan fingerprint density at radius 2 is 1.08 bits per heavy atom. The summed E-state index contributed by atoms with van der Waals surface area (Å²) in [6.07, 6.45) is 0.138. The van der Waals surface area contributed by atoms with Gasteiger partial charge in [-0.05, 0) is 30.7 Å². The minimum Gasteiger partial charge on any atom is -0.326 e. The Bertz CT molecular complexity index is 731. The van der Waals surface area contributed by atoms with E-state index in [1.54, 1.807) is 0 Å². The topological polar surface area (TPSA) is 58.2 Å². The predicted octanol–water partition coefficient (Wildman–Crippen LogP) is 3.99. The van der Waals surface area contributed by atoms with Gasteiger partial charge < -0.3 is 10.6 Å². The second kappa shape index (κ2) is 8.27. The van der Waals surface area contributed by atoms with Crippen LogP contribution in [0.5, 0.6) is 0 Å². The molecule has 2 aromatic carbocycles. The second-order valence-electron chi connectivity index (χ2n) is 5.21. The van der Waals surface area contributed by atoms with Crippen LogP contribution in [0.2, 0.25) is 0 Å². The average Bonchev–Trinajstić information content (AvgIpc) is 2.54. The molecule has 2 rings (SSSR count). The quantitative estimate of drug-likeness (QED) is 0.771. The fourth-order valence-corrected chi connectivity index (χ4v) is 2.00. The number of carbonyl (C=O) groups excluding carboxylic acids is 2. The first-order chi connectivity index (χ1) is 11.8. The van der Waals surface area contributed by atoms with Crippen molar-refractivity contribution in [2.24, 2.45) is 0 Å². The van der Waals surface area contributed by atoms with Gasteiger partial charge in [-0.15, -0.1) is 0 Å². The third kappa shape index (κ3) is 5.59. The van der Waals surface area contributed by atoms with E-state index >= 15 is 0 Å². The lowest BCUT2D eigenvalue weighted by Gasteiger charge is -2.07. The molecule has 0 radical (unpaired) electrons. The standard InChI is InChI=1S/C17H14F4N2O2/c18-12-6-4-10(8-14(12)20)22-16(24)2-1-3-17(25)23-11-5-7-13(19)15(21)9-11/h4-9H,1-3H2,(H,22,24)(H,23,25). The minimum absolute atomic E-state index is 0.0236. The summed E-state index contributed by atoms with van der Waals surface area (Å²) < 4.78 is 51.6. The van der Waals surface area contributed by atoms with E-state index in [1.165, 1.54) is 12.1 Å². The molecule has 132 valence electrons. The normalized spacial score (nSPS) is 10.4. The summed E-state index contributed by atoms with van der Waals surface area (Å²) in [6.45, 7) is 0. The average molecular weight is 354 g/mol. The zero-order chi connectivity index (χ0) is 18.4. The molecule has 0 saturated carbocycles. The molecular formula is C17H14F4N2O2. The summed E-state index contributed by atoms with van der Waals surface area (Å²) in [5.41, 5.74) is 0.213. The lowest BCUT2D eigenvalue weighted by Crippen LogP contribution is -2.15. The van der Waals surface area contributed by atoms with Crippen molar-refractivity contribution in [2.75, 3.05) is 10.6 Å². The van der Waals surface area contributed by atoms with Crippen molar-refractivity contribution < 1.29 is 27.2 Å². The smallest absolute Gasteiger partial charge is 0.224 e. The van der Waals surface area contributed by atoms with Crippen molar-refractivity contribution in [3.63, 3.8) is 0 Å². The molecule has 0 bridgehead atoms. The number of anilines is 2. The van der Waals surface area contributed by atoms with Crippen molar-refractivity contribution >= 4 is 23.2 Å². The maximum atomic E-state index is 13.0. The van der Waals surface area contributed by atoms with Gasteiger partial charge in [0.05, 0.1) is 0 Å². The first-order valence-electron chi connectivity index (χ1n) is 7.35. The summed E-state index contributed by atoms with van der Waals surface area (Å²) in [7, 11) is 0. The van der Waals surface area contributed by atoms with E-state index in [4.69, 9.17) is 0 Å². The highest BCUT2D eigenvalue weighted by molar-refractivity contribution is 5.93. The third-order valence-electron chi connectivity index (χ3n) is 3.21. The van der Waals surface area contributed by atoms with E-state index in [9.17, 15) is 27.2 Å². The van der Waals surface area contributed by atoms with Gasteiger partial charge in [0, 0.05) is 36.3 Å². The van der Waals surface area contributed by atoms with Gasteiger partial charge in [-0.3, -0.25) is 9.59 Å². The second-order valence-corrected chi connectivity index (χ2v) is 5.21. The first kappa shape index (κ1) is 18.4. The maximum Gasteiger partial charge on any atom is 0.224 e. The van der Waals surface area contributed by atoms with Crippen molar-refractivity contribution in [2.45, 2.75) is 19.3 Å². The molecule has 25 heavy (non-hydrogen) atoms. The van der Waals surface area contributed by atoms with Gasteiger partial charge in [0.25, 0.3) is 0 Å². The zero-order valence-electron chi connectivity index (χ0n) is 12.9. The van der Waals surface area contributed by atoms with Crippen molar-refractivity contribution in [3.8, 4) is 0 Å². The van der Waals surface area contributed by atoms with Crippen molar-refractivity contribution in [3.05, 3.63) is 59.7 Å². The van der Waals surface area contributed by atoms with E-state index in [0.717, 1.165) is 24.3 Å². The lowest BCUT2D eigenvalue weighted by molar-refractivity contribution is -0.117. The Morgan fingerprint density at radius 1 is 0.680 bits per heavy atom. The van der Waals surface area contributed by atoms with Crippen LogP contribution in [-0.4, -0.2) is 11.8 Å². The molecule has 4 nitrogen and oxygen atoms in total. The molecule has 0 aliphatic rings. The van der Waals surface area contributed by atoms with Crippen LogP contribution >= 0.6 is 0 Å². The Balaban J connectivity index is 1.75. The molecule has 0 aromatic heterocycles. The van der Waals surface area contributed by atoms with Crippen LogP contribution in [0.15, 0.2) is 36.4 Å². The Labute approximate surface area is 140 Å². The number of amides is 2. The van der Waals surface area contributed by atoms with Gasteiger partial charge >= 0.3 is 0 Å². The number of carbonyl (C=O) groups is 2. The van der Waals surface area contributed by atoms with Gasteiger partial charge in [0.2, 0.25) is 11.8 Å². The molecule has 0 spiro atoms. The van der Waals surface area contributed by atoms with Crippen LogP contribution in [0.4, 0.5) is 28.9 Å². The zero-order valence-corrected chi connectivity index (χ0v) is 12.9. The van der Waals surface area contributed by atoms with Crippen LogP contribution in [0.1, 0.15) is 19.3 Å². The summed E-state index contributed by atoms with van der Waals surface area (Å²) in [4.78, 5) is 23.4. The summed E-state index contributed by atoms with van der Waals surface area (Å²) in [5.74, 6) is -5.13. The number of nitrogens with one attached hydrogen (secondary N) is 2. The fraction of sp³-hybridized carbons (Fsp3) is 0.176. The number of rotatable bonds is 6. The third-order valence-corrected chi connectivity index (χ3v) is 3.21. The SMILES string of the molecule is O=C(CCCC(=O)Nc1ccc(F)c(F)c1)Nc1ccc(F)c(F)c1. The molecular weight excluding hydrogens is 340 g/mol. The molecule has 0 aliphatic heterocycles. The number of hydrogen-bond donors (Lipinski definition) is 2. The number of benzene rings is 2. The van der Waals surface area contributed by atoms with Crippen LogP contribution in [0.25, 0.3) is 0 Å². The summed E-state index contributed by atoms with van der Waals surface area (Å²) >= 11 is 0. The Morgan fingerprint density at radius 3 is 1.44 bits per heavy atom. The van der Waals surface area contributed by atoms with Crippen molar-refractivity contribution in [1.29, 1.82) is 0 Å².